The quantitative estimate of drug-likeness (QED) is 0.414. The first kappa shape index (κ1) is 20.4. The van der Waals surface area contributed by atoms with Crippen molar-refractivity contribution in [1.29, 1.82) is 0 Å². The largest absolute Gasteiger partial charge is 0.492 e. The Morgan fingerprint density at radius 2 is 2.03 bits per heavy atom. The standard InChI is InChI=1S/C24H21FN6O3/c1-33-22-13(25)4-3-5-15(22)28-21-17-19(11-6-7-14(11)29-23(17)32)30-20(21)12-8-9-26-16-10-27-24(34-2)31-18(12)16/h3-5,8-11,14,28,30H,6-7H2,1-2H3,(H,29,32)/t11-,14+/m1/s1. The van der Waals surface area contributed by atoms with Crippen molar-refractivity contribution in [1.82, 2.24) is 25.3 Å². The maximum atomic E-state index is 14.4. The molecule has 10 heteroatoms. The number of carbonyl (C=O) groups excluding carboxylic acids is 1. The van der Waals surface area contributed by atoms with Crippen LogP contribution in [0.2, 0.25) is 0 Å². The number of methoxy groups -OCH3 is 2. The van der Waals surface area contributed by atoms with Crippen molar-refractivity contribution in [2.75, 3.05) is 19.5 Å². The fourth-order valence-corrected chi connectivity index (χ4v) is 4.79. The third-order valence-electron chi connectivity index (χ3n) is 6.56. The number of aromatic nitrogens is 4. The van der Waals surface area contributed by atoms with Gasteiger partial charge in [-0.3, -0.25) is 9.78 Å². The molecule has 9 nitrogen and oxygen atoms in total. The number of ether oxygens (including phenoxy) is 2. The van der Waals surface area contributed by atoms with Crippen LogP contribution in [0.5, 0.6) is 11.8 Å². The zero-order valence-corrected chi connectivity index (χ0v) is 18.5. The van der Waals surface area contributed by atoms with E-state index in [4.69, 9.17) is 9.47 Å². The van der Waals surface area contributed by atoms with Crippen molar-refractivity contribution < 1.29 is 18.7 Å². The second-order valence-electron chi connectivity index (χ2n) is 8.32. The van der Waals surface area contributed by atoms with Crippen LogP contribution in [0.15, 0.2) is 36.7 Å². The van der Waals surface area contributed by atoms with Crippen LogP contribution in [0.4, 0.5) is 15.8 Å². The minimum atomic E-state index is -0.506. The van der Waals surface area contributed by atoms with Crippen molar-refractivity contribution in [2.24, 2.45) is 0 Å². The SMILES string of the molecule is COc1ncc2nccc(-c3[nH]c4c(c3Nc3cccc(F)c3OC)C(=O)N[C@H]3CC[C@@H]43)c2n1. The van der Waals surface area contributed by atoms with E-state index in [2.05, 4.69) is 30.6 Å². The molecule has 1 aliphatic heterocycles. The van der Waals surface area contributed by atoms with Gasteiger partial charge in [-0.1, -0.05) is 6.07 Å². The van der Waals surface area contributed by atoms with E-state index in [1.165, 1.54) is 20.3 Å². The molecule has 0 spiro atoms. The van der Waals surface area contributed by atoms with Gasteiger partial charge in [0.05, 0.1) is 43.0 Å². The van der Waals surface area contributed by atoms with Gasteiger partial charge in [0.15, 0.2) is 11.6 Å². The zero-order chi connectivity index (χ0) is 23.4. The molecule has 1 saturated carbocycles. The molecule has 2 atom stereocenters. The predicted molar refractivity (Wildman–Crippen MR) is 123 cm³/mol. The molecule has 1 fully saturated rings. The van der Waals surface area contributed by atoms with Gasteiger partial charge in [-0.25, -0.2) is 9.37 Å². The molecule has 1 aromatic carbocycles. The minimum absolute atomic E-state index is 0.0599. The first-order chi connectivity index (χ1) is 16.6. The Bertz CT molecular complexity index is 1450. The van der Waals surface area contributed by atoms with Crippen molar-refractivity contribution in [3.8, 4) is 23.0 Å². The number of nitrogens with one attached hydrogen (secondary N) is 3. The molecule has 0 radical (unpaired) electrons. The lowest BCUT2D eigenvalue weighted by Crippen LogP contribution is -2.49. The van der Waals surface area contributed by atoms with Crippen LogP contribution in [-0.2, 0) is 0 Å². The Morgan fingerprint density at radius 3 is 2.79 bits per heavy atom. The summed E-state index contributed by atoms with van der Waals surface area (Å²) in [6, 6.07) is 6.74. The molecule has 1 amide bonds. The third kappa shape index (κ3) is 2.98. The third-order valence-corrected chi connectivity index (χ3v) is 6.56. The molecule has 6 rings (SSSR count). The average Bonchev–Trinajstić information content (AvgIpc) is 3.19. The number of anilines is 2. The molecule has 0 bridgehead atoms. The van der Waals surface area contributed by atoms with Gasteiger partial charge in [-0.05, 0) is 31.0 Å². The lowest BCUT2D eigenvalue weighted by Gasteiger charge is -2.40. The summed E-state index contributed by atoms with van der Waals surface area (Å²) in [5.74, 6) is -0.436. The molecule has 3 N–H and O–H groups in total. The van der Waals surface area contributed by atoms with Crippen molar-refractivity contribution in [3.05, 3.63) is 53.7 Å². The summed E-state index contributed by atoms with van der Waals surface area (Å²) in [6.07, 6.45) is 5.15. The highest BCUT2D eigenvalue weighted by molar-refractivity contribution is 6.08. The molecule has 2 aliphatic rings. The van der Waals surface area contributed by atoms with E-state index in [0.717, 1.165) is 18.5 Å². The predicted octanol–water partition coefficient (Wildman–Crippen LogP) is 3.91. The van der Waals surface area contributed by atoms with Gasteiger partial charge in [-0.15, -0.1) is 0 Å². The summed E-state index contributed by atoms with van der Waals surface area (Å²) in [4.78, 5) is 29.7. The van der Waals surface area contributed by atoms with Gasteiger partial charge in [0, 0.05) is 29.4 Å². The molecule has 4 aromatic rings. The molecule has 0 saturated heterocycles. The first-order valence-electron chi connectivity index (χ1n) is 10.9. The number of benzene rings is 1. The van der Waals surface area contributed by atoms with Crippen LogP contribution in [0.25, 0.3) is 22.3 Å². The van der Waals surface area contributed by atoms with Crippen LogP contribution in [0.3, 0.4) is 0 Å². The van der Waals surface area contributed by atoms with Gasteiger partial charge in [-0.2, -0.15) is 4.98 Å². The van der Waals surface area contributed by atoms with Crippen LogP contribution in [-0.4, -0.2) is 46.1 Å². The smallest absolute Gasteiger partial charge is 0.316 e. The van der Waals surface area contributed by atoms with E-state index in [0.29, 0.717) is 39.2 Å². The summed E-state index contributed by atoms with van der Waals surface area (Å²) in [5.41, 5.74) is 4.78. The lowest BCUT2D eigenvalue weighted by atomic mass is 9.74. The average molecular weight is 460 g/mol. The maximum absolute atomic E-state index is 14.4. The fraction of sp³-hybridized carbons (Fsp3) is 0.250. The Balaban J connectivity index is 1.60. The second-order valence-corrected chi connectivity index (χ2v) is 8.32. The van der Waals surface area contributed by atoms with E-state index >= 15 is 0 Å². The van der Waals surface area contributed by atoms with E-state index in [1.54, 1.807) is 24.5 Å². The minimum Gasteiger partial charge on any atom is -0.492 e. The summed E-state index contributed by atoms with van der Waals surface area (Å²) in [7, 11) is 2.90. The van der Waals surface area contributed by atoms with Gasteiger partial charge in [0.2, 0.25) is 0 Å². The van der Waals surface area contributed by atoms with Gasteiger partial charge in [0.25, 0.3) is 5.91 Å². The van der Waals surface area contributed by atoms with E-state index in [-0.39, 0.29) is 29.6 Å². The van der Waals surface area contributed by atoms with Gasteiger partial charge in [0.1, 0.15) is 11.0 Å². The van der Waals surface area contributed by atoms with Crippen LogP contribution < -0.4 is 20.1 Å². The molecule has 34 heavy (non-hydrogen) atoms. The number of para-hydroxylation sites is 1. The van der Waals surface area contributed by atoms with Gasteiger partial charge < -0.3 is 25.1 Å². The van der Waals surface area contributed by atoms with Crippen molar-refractivity contribution in [2.45, 2.75) is 24.8 Å². The van der Waals surface area contributed by atoms with Crippen LogP contribution >= 0.6 is 0 Å². The molecular formula is C24H21FN6O3. The number of hydrogen-bond acceptors (Lipinski definition) is 7. The fourth-order valence-electron chi connectivity index (χ4n) is 4.79. The summed E-state index contributed by atoms with van der Waals surface area (Å²) in [6.45, 7) is 0. The van der Waals surface area contributed by atoms with Crippen LogP contribution in [0.1, 0.15) is 34.8 Å². The van der Waals surface area contributed by atoms with E-state index < -0.39 is 5.82 Å². The van der Waals surface area contributed by atoms with Crippen molar-refractivity contribution >= 4 is 28.3 Å². The molecule has 1 aliphatic carbocycles. The Labute approximate surface area is 193 Å². The zero-order valence-electron chi connectivity index (χ0n) is 18.5. The molecule has 172 valence electrons. The molecular weight excluding hydrogens is 439 g/mol. The highest BCUT2D eigenvalue weighted by Gasteiger charge is 2.43. The number of amides is 1. The summed E-state index contributed by atoms with van der Waals surface area (Å²) in [5, 5.41) is 6.37. The Morgan fingerprint density at radius 1 is 1.15 bits per heavy atom. The number of nitrogens with zero attached hydrogens (tertiary/aromatic N) is 3. The number of H-pyrrole nitrogens is 1. The summed E-state index contributed by atoms with van der Waals surface area (Å²) < 4.78 is 25.0. The lowest BCUT2D eigenvalue weighted by molar-refractivity contribution is 0.0878. The highest BCUT2D eigenvalue weighted by atomic mass is 19.1. The Kier molecular flexibility index (Phi) is 4.61. The van der Waals surface area contributed by atoms with E-state index in [9.17, 15) is 9.18 Å². The van der Waals surface area contributed by atoms with E-state index in [1.807, 2.05) is 6.07 Å². The topological polar surface area (TPSA) is 114 Å². The normalized spacial score (nSPS) is 18.5. The van der Waals surface area contributed by atoms with Gasteiger partial charge >= 0.3 is 6.01 Å². The first-order valence-corrected chi connectivity index (χ1v) is 10.9. The number of pyridine rings is 1. The molecule has 0 unspecified atom stereocenters. The number of aromatic amines is 1. The monoisotopic (exact) mass is 460 g/mol. The second kappa shape index (κ2) is 7.68. The number of hydrogen-bond donors (Lipinski definition) is 3. The maximum Gasteiger partial charge on any atom is 0.316 e. The Hall–Kier alpha value is -4.21. The molecule has 3 aromatic heterocycles. The summed E-state index contributed by atoms with van der Waals surface area (Å²) >= 11 is 0. The molecule has 4 heterocycles. The number of halogens is 1. The number of carbonyl (C=O) groups is 1. The van der Waals surface area contributed by atoms with Crippen LogP contribution in [0, 0.1) is 5.82 Å². The van der Waals surface area contributed by atoms with Crippen molar-refractivity contribution in [3.63, 3.8) is 0 Å². The highest BCUT2D eigenvalue weighted by Crippen LogP contribution is 2.48. The number of fused-ring (bicyclic) bond motifs is 4. The number of rotatable bonds is 5.